The van der Waals surface area contributed by atoms with Gasteiger partial charge >= 0.3 is 5.97 Å². The summed E-state index contributed by atoms with van der Waals surface area (Å²) >= 11 is 1.84. The first-order valence-electron chi connectivity index (χ1n) is 6.20. The zero-order valence-electron chi connectivity index (χ0n) is 10.9. The quantitative estimate of drug-likeness (QED) is 0.766. The second kappa shape index (κ2) is 4.45. The number of carbonyl (C=O) groups is 1. The van der Waals surface area contributed by atoms with Crippen LogP contribution in [0.2, 0.25) is 0 Å². The van der Waals surface area contributed by atoms with Gasteiger partial charge in [-0.3, -0.25) is 4.79 Å². The predicted octanol–water partition coefficient (Wildman–Crippen LogP) is 3.71. The fourth-order valence-corrected chi connectivity index (χ4v) is 3.22. The molecule has 0 aromatic carbocycles. The Kier molecular flexibility index (Phi) is 3.30. The van der Waals surface area contributed by atoms with E-state index in [1.165, 1.54) is 9.75 Å². The molecule has 0 radical (unpaired) electrons. The Balaban J connectivity index is 2.02. The molecule has 3 heteroatoms. The van der Waals surface area contributed by atoms with Gasteiger partial charge in [0.1, 0.15) is 0 Å². The summed E-state index contributed by atoms with van der Waals surface area (Å²) < 4.78 is 5.06. The standard InChI is InChI=1S/C14H20O2S/c1-5-16-13(15)10-8-9(10)11-6-7-12(17-11)14(2,3)4/h6-7,9-10H,5,8H2,1-4H3. The molecule has 2 nitrogen and oxygen atoms in total. The number of ether oxygens (including phenoxy) is 1. The molecule has 1 aromatic heterocycles. The molecule has 1 aromatic rings. The molecule has 2 atom stereocenters. The lowest BCUT2D eigenvalue weighted by Crippen LogP contribution is -2.08. The number of hydrogen-bond acceptors (Lipinski definition) is 3. The van der Waals surface area contributed by atoms with Crippen molar-refractivity contribution in [1.29, 1.82) is 0 Å². The van der Waals surface area contributed by atoms with Crippen molar-refractivity contribution < 1.29 is 9.53 Å². The van der Waals surface area contributed by atoms with Crippen LogP contribution in [0.1, 0.15) is 49.8 Å². The molecule has 0 saturated heterocycles. The van der Waals surface area contributed by atoms with Gasteiger partial charge in [-0.25, -0.2) is 0 Å². The van der Waals surface area contributed by atoms with Gasteiger partial charge in [0.15, 0.2) is 0 Å². The Bertz CT molecular complexity index is 414. The van der Waals surface area contributed by atoms with Crippen molar-refractivity contribution in [3.05, 3.63) is 21.9 Å². The highest BCUT2D eigenvalue weighted by molar-refractivity contribution is 7.12. The van der Waals surface area contributed by atoms with E-state index in [1.807, 2.05) is 18.3 Å². The van der Waals surface area contributed by atoms with Crippen LogP contribution in [0.3, 0.4) is 0 Å². The number of hydrogen-bond donors (Lipinski definition) is 0. The summed E-state index contributed by atoms with van der Waals surface area (Å²) in [5, 5.41) is 0. The second-order valence-corrected chi connectivity index (χ2v) is 6.77. The van der Waals surface area contributed by atoms with Gasteiger partial charge in [0, 0.05) is 15.7 Å². The third-order valence-electron chi connectivity index (χ3n) is 3.11. The Morgan fingerprint density at radius 3 is 2.71 bits per heavy atom. The van der Waals surface area contributed by atoms with Crippen molar-refractivity contribution in [1.82, 2.24) is 0 Å². The van der Waals surface area contributed by atoms with Crippen LogP contribution in [0, 0.1) is 5.92 Å². The van der Waals surface area contributed by atoms with E-state index < -0.39 is 0 Å². The first-order chi connectivity index (χ1) is 7.93. The van der Waals surface area contributed by atoms with Crippen molar-refractivity contribution in [2.45, 2.75) is 45.4 Å². The van der Waals surface area contributed by atoms with E-state index in [4.69, 9.17) is 4.74 Å². The van der Waals surface area contributed by atoms with E-state index >= 15 is 0 Å². The van der Waals surface area contributed by atoms with E-state index in [1.54, 1.807) is 0 Å². The molecule has 1 aliphatic rings. The van der Waals surface area contributed by atoms with Crippen molar-refractivity contribution in [2.24, 2.45) is 5.92 Å². The van der Waals surface area contributed by atoms with Gasteiger partial charge in [0.05, 0.1) is 12.5 Å². The fraction of sp³-hybridized carbons (Fsp3) is 0.643. The lowest BCUT2D eigenvalue weighted by molar-refractivity contribution is -0.144. The molecule has 1 aliphatic carbocycles. The molecule has 0 amide bonds. The summed E-state index contributed by atoms with van der Waals surface area (Å²) in [5.41, 5.74) is 0.206. The van der Waals surface area contributed by atoms with Gasteiger partial charge in [0.2, 0.25) is 0 Å². The van der Waals surface area contributed by atoms with Crippen LogP contribution in [0.4, 0.5) is 0 Å². The molecule has 17 heavy (non-hydrogen) atoms. The molecule has 0 aliphatic heterocycles. The maximum absolute atomic E-state index is 11.6. The molecule has 1 heterocycles. The third-order valence-corrected chi connectivity index (χ3v) is 4.75. The number of carbonyl (C=O) groups excluding carboxylic acids is 1. The normalized spacial score (nSPS) is 23.5. The lowest BCUT2D eigenvalue weighted by Gasteiger charge is -2.15. The monoisotopic (exact) mass is 252 g/mol. The highest BCUT2D eigenvalue weighted by atomic mass is 32.1. The molecule has 94 valence electrons. The topological polar surface area (TPSA) is 26.3 Å². The Hall–Kier alpha value is -0.830. The summed E-state index contributed by atoms with van der Waals surface area (Å²) in [6.07, 6.45) is 0.961. The van der Waals surface area contributed by atoms with Crippen LogP contribution >= 0.6 is 11.3 Å². The van der Waals surface area contributed by atoms with E-state index in [-0.39, 0.29) is 17.3 Å². The summed E-state index contributed by atoms with van der Waals surface area (Å²) in [6, 6.07) is 4.37. The van der Waals surface area contributed by atoms with Crippen molar-refractivity contribution >= 4 is 17.3 Å². The minimum Gasteiger partial charge on any atom is -0.466 e. The molecule has 1 saturated carbocycles. The summed E-state index contributed by atoms with van der Waals surface area (Å²) in [4.78, 5) is 14.3. The number of esters is 1. The van der Waals surface area contributed by atoms with E-state index in [9.17, 15) is 4.79 Å². The number of thiophene rings is 1. The lowest BCUT2D eigenvalue weighted by atomic mass is 9.95. The molecular formula is C14H20O2S. The first-order valence-corrected chi connectivity index (χ1v) is 7.02. The van der Waals surface area contributed by atoms with Gasteiger partial charge in [-0.05, 0) is 30.9 Å². The molecule has 0 N–H and O–H groups in total. The van der Waals surface area contributed by atoms with Crippen LogP contribution in [0.15, 0.2) is 12.1 Å². The number of rotatable bonds is 3. The Morgan fingerprint density at radius 1 is 1.47 bits per heavy atom. The molecular weight excluding hydrogens is 232 g/mol. The van der Waals surface area contributed by atoms with Gasteiger partial charge in [-0.1, -0.05) is 20.8 Å². The maximum atomic E-state index is 11.6. The smallest absolute Gasteiger partial charge is 0.309 e. The summed E-state index contributed by atoms with van der Waals surface area (Å²) in [7, 11) is 0. The molecule has 0 spiro atoms. The van der Waals surface area contributed by atoms with Crippen molar-refractivity contribution in [3.8, 4) is 0 Å². The van der Waals surface area contributed by atoms with E-state index in [0.717, 1.165) is 6.42 Å². The van der Waals surface area contributed by atoms with Crippen LogP contribution in [-0.2, 0) is 14.9 Å². The highest BCUT2D eigenvalue weighted by Crippen LogP contribution is 2.51. The van der Waals surface area contributed by atoms with E-state index in [0.29, 0.717) is 12.5 Å². The first kappa shape index (κ1) is 12.6. The average molecular weight is 252 g/mol. The largest absolute Gasteiger partial charge is 0.466 e. The highest BCUT2D eigenvalue weighted by Gasteiger charge is 2.46. The van der Waals surface area contributed by atoms with Crippen LogP contribution in [0.25, 0.3) is 0 Å². The maximum Gasteiger partial charge on any atom is 0.309 e. The average Bonchev–Trinajstić information content (AvgIpc) is 2.86. The third kappa shape index (κ3) is 2.71. The second-order valence-electron chi connectivity index (χ2n) is 5.65. The Morgan fingerprint density at radius 2 is 2.18 bits per heavy atom. The SMILES string of the molecule is CCOC(=O)C1CC1c1ccc(C(C)(C)C)s1. The molecule has 1 fully saturated rings. The fourth-order valence-electron chi connectivity index (χ4n) is 1.97. The summed E-state index contributed by atoms with van der Waals surface area (Å²) in [5.74, 6) is 0.500. The van der Waals surface area contributed by atoms with Crippen LogP contribution < -0.4 is 0 Å². The molecule has 2 rings (SSSR count). The van der Waals surface area contributed by atoms with Crippen LogP contribution in [0.5, 0.6) is 0 Å². The zero-order valence-corrected chi connectivity index (χ0v) is 11.8. The minimum absolute atomic E-state index is 0.0248. The van der Waals surface area contributed by atoms with Crippen molar-refractivity contribution in [2.75, 3.05) is 6.61 Å². The van der Waals surface area contributed by atoms with Gasteiger partial charge in [0.25, 0.3) is 0 Å². The molecule has 2 unspecified atom stereocenters. The minimum atomic E-state index is -0.0248. The van der Waals surface area contributed by atoms with Gasteiger partial charge in [-0.15, -0.1) is 11.3 Å². The zero-order chi connectivity index (χ0) is 12.6. The molecule has 0 bridgehead atoms. The van der Waals surface area contributed by atoms with Gasteiger partial charge in [-0.2, -0.15) is 0 Å². The van der Waals surface area contributed by atoms with Crippen molar-refractivity contribution in [3.63, 3.8) is 0 Å². The Labute approximate surface area is 107 Å². The summed E-state index contributed by atoms with van der Waals surface area (Å²) in [6.45, 7) is 9.01. The van der Waals surface area contributed by atoms with E-state index in [2.05, 4.69) is 32.9 Å². The van der Waals surface area contributed by atoms with Gasteiger partial charge < -0.3 is 4.74 Å². The van der Waals surface area contributed by atoms with Crippen LogP contribution in [-0.4, -0.2) is 12.6 Å². The predicted molar refractivity (Wildman–Crippen MR) is 70.5 cm³/mol.